The van der Waals surface area contributed by atoms with E-state index in [0.29, 0.717) is 18.9 Å². The second-order valence-electron chi connectivity index (χ2n) is 5.28. The number of hydrogen-bond donors (Lipinski definition) is 2. The average Bonchev–Trinajstić information content (AvgIpc) is 2.75. The van der Waals surface area contributed by atoms with Gasteiger partial charge in [0.05, 0.1) is 18.2 Å². The highest BCUT2D eigenvalue weighted by Crippen LogP contribution is 2.22. The molecule has 5 nitrogen and oxygen atoms in total. The Kier molecular flexibility index (Phi) is 6.41. The molecule has 0 bridgehead atoms. The van der Waals surface area contributed by atoms with Gasteiger partial charge in [-0.05, 0) is 20.0 Å². The molecule has 1 rings (SSSR count). The highest BCUT2D eigenvalue weighted by atomic mass is 32.1. The highest BCUT2D eigenvalue weighted by Gasteiger charge is 2.15. The van der Waals surface area contributed by atoms with Crippen molar-refractivity contribution in [3.05, 3.63) is 16.1 Å². The van der Waals surface area contributed by atoms with Gasteiger partial charge in [-0.15, -0.1) is 11.3 Å². The summed E-state index contributed by atoms with van der Waals surface area (Å²) in [6, 6.07) is -0.0458. The molecule has 0 radical (unpaired) electrons. The lowest BCUT2D eigenvalue weighted by Crippen LogP contribution is -2.32. The smallest absolute Gasteiger partial charge is 0.226 e. The zero-order chi connectivity index (χ0) is 14.4. The van der Waals surface area contributed by atoms with Crippen molar-refractivity contribution in [1.29, 1.82) is 0 Å². The van der Waals surface area contributed by atoms with Gasteiger partial charge in [-0.2, -0.15) is 0 Å². The molecule has 0 saturated carbocycles. The summed E-state index contributed by atoms with van der Waals surface area (Å²) >= 11 is 1.53. The van der Waals surface area contributed by atoms with Crippen molar-refractivity contribution >= 4 is 17.2 Å². The van der Waals surface area contributed by atoms with Crippen molar-refractivity contribution in [2.45, 2.75) is 26.3 Å². The molecule has 0 aromatic carbocycles. The van der Waals surface area contributed by atoms with Crippen LogP contribution in [0.25, 0.3) is 0 Å². The first kappa shape index (κ1) is 16.1. The summed E-state index contributed by atoms with van der Waals surface area (Å²) in [7, 11) is 3.96. The topological polar surface area (TPSA) is 71.2 Å². The Morgan fingerprint density at radius 3 is 2.79 bits per heavy atom. The number of nitrogens with zero attached hydrogens (tertiary/aromatic N) is 2. The second kappa shape index (κ2) is 7.57. The summed E-state index contributed by atoms with van der Waals surface area (Å²) in [5.74, 6) is 0.365. The Morgan fingerprint density at radius 2 is 2.21 bits per heavy atom. The predicted molar refractivity (Wildman–Crippen MR) is 79.1 cm³/mol. The van der Waals surface area contributed by atoms with Crippen LogP contribution in [-0.2, 0) is 11.2 Å². The Balaban J connectivity index is 2.43. The number of thiazole rings is 1. The number of nitrogens with one attached hydrogen (secondary N) is 1. The third-order valence-electron chi connectivity index (χ3n) is 2.80. The monoisotopic (exact) mass is 284 g/mol. The van der Waals surface area contributed by atoms with Gasteiger partial charge in [0.25, 0.3) is 0 Å². The van der Waals surface area contributed by atoms with Crippen LogP contribution in [-0.4, -0.2) is 43.0 Å². The average molecular weight is 284 g/mol. The number of amides is 1. The van der Waals surface area contributed by atoms with Gasteiger partial charge in [-0.25, -0.2) is 4.98 Å². The molecule has 6 heteroatoms. The van der Waals surface area contributed by atoms with E-state index in [1.54, 1.807) is 0 Å². The van der Waals surface area contributed by atoms with Gasteiger partial charge < -0.3 is 16.0 Å². The zero-order valence-corrected chi connectivity index (χ0v) is 13.0. The summed E-state index contributed by atoms with van der Waals surface area (Å²) in [6.07, 6.45) is 0.328. The third kappa shape index (κ3) is 5.67. The molecule has 1 aromatic heterocycles. The lowest BCUT2D eigenvalue weighted by Gasteiger charge is -2.11. The SMILES string of the molecule is CC(C)C(N)c1nc(CC(=O)NCCN(C)C)cs1. The Labute approximate surface area is 119 Å². The molecule has 19 heavy (non-hydrogen) atoms. The first-order chi connectivity index (χ1) is 8.90. The molecule has 108 valence electrons. The van der Waals surface area contributed by atoms with E-state index in [9.17, 15) is 4.79 Å². The maximum atomic E-state index is 11.7. The second-order valence-corrected chi connectivity index (χ2v) is 6.17. The van der Waals surface area contributed by atoms with E-state index >= 15 is 0 Å². The first-order valence-electron chi connectivity index (χ1n) is 6.51. The minimum absolute atomic E-state index is 0.0109. The first-order valence-corrected chi connectivity index (χ1v) is 7.39. The third-order valence-corrected chi connectivity index (χ3v) is 3.79. The van der Waals surface area contributed by atoms with E-state index < -0.39 is 0 Å². The fourth-order valence-electron chi connectivity index (χ4n) is 1.49. The van der Waals surface area contributed by atoms with Crippen molar-refractivity contribution in [1.82, 2.24) is 15.2 Å². The van der Waals surface area contributed by atoms with E-state index in [0.717, 1.165) is 17.2 Å². The summed E-state index contributed by atoms with van der Waals surface area (Å²) in [6.45, 7) is 5.64. The molecular formula is C13H24N4OS. The molecule has 1 unspecified atom stereocenters. The van der Waals surface area contributed by atoms with Crippen molar-refractivity contribution in [3.8, 4) is 0 Å². The largest absolute Gasteiger partial charge is 0.354 e. The fraction of sp³-hybridized carbons (Fsp3) is 0.692. The molecule has 0 fully saturated rings. The van der Waals surface area contributed by atoms with Gasteiger partial charge in [0.2, 0.25) is 5.91 Å². The summed E-state index contributed by atoms with van der Waals surface area (Å²) in [5, 5.41) is 5.70. The summed E-state index contributed by atoms with van der Waals surface area (Å²) < 4.78 is 0. The Morgan fingerprint density at radius 1 is 1.53 bits per heavy atom. The standard InChI is InChI=1S/C13H24N4OS/c1-9(2)12(14)13-16-10(8-19-13)7-11(18)15-5-6-17(3)4/h8-9,12H,5-7,14H2,1-4H3,(H,15,18). The van der Waals surface area contributed by atoms with Crippen molar-refractivity contribution in [2.75, 3.05) is 27.2 Å². The molecule has 0 aliphatic rings. The van der Waals surface area contributed by atoms with E-state index in [1.807, 2.05) is 24.4 Å². The number of carbonyl (C=O) groups is 1. The van der Waals surface area contributed by atoms with Crippen LogP contribution in [0.2, 0.25) is 0 Å². The van der Waals surface area contributed by atoms with Crippen LogP contribution in [0.15, 0.2) is 5.38 Å². The maximum Gasteiger partial charge on any atom is 0.226 e. The number of nitrogens with two attached hydrogens (primary N) is 1. The minimum Gasteiger partial charge on any atom is -0.354 e. The molecule has 1 heterocycles. The van der Waals surface area contributed by atoms with E-state index in [1.165, 1.54) is 11.3 Å². The molecule has 1 atom stereocenters. The number of rotatable bonds is 7. The molecule has 0 aliphatic carbocycles. The molecule has 3 N–H and O–H groups in total. The molecule has 1 amide bonds. The minimum atomic E-state index is -0.0458. The van der Waals surface area contributed by atoms with Crippen LogP contribution >= 0.6 is 11.3 Å². The zero-order valence-electron chi connectivity index (χ0n) is 12.1. The lowest BCUT2D eigenvalue weighted by atomic mass is 10.1. The van der Waals surface area contributed by atoms with Crippen LogP contribution < -0.4 is 11.1 Å². The van der Waals surface area contributed by atoms with Crippen LogP contribution in [0.1, 0.15) is 30.6 Å². The van der Waals surface area contributed by atoms with E-state index in [2.05, 4.69) is 24.1 Å². The van der Waals surface area contributed by atoms with Gasteiger partial charge in [-0.3, -0.25) is 4.79 Å². The maximum absolute atomic E-state index is 11.7. The lowest BCUT2D eigenvalue weighted by molar-refractivity contribution is -0.120. The van der Waals surface area contributed by atoms with Gasteiger partial charge in [0.1, 0.15) is 5.01 Å². The van der Waals surface area contributed by atoms with Crippen LogP contribution in [0.3, 0.4) is 0 Å². The molecular weight excluding hydrogens is 260 g/mol. The molecule has 1 aromatic rings. The Bertz CT molecular complexity index is 403. The number of carbonyl (C=O) groups excluding carboxylic acids is 1. The van der Waals surface area contributed by atoms with Gasteiger partial charge in [-0.1, -0.05) is 13.8 Å². The quantitative estimate of drug-likeness (QED) is 0.784. The molecule has 0 spiro atoms. The highest BCUT2D eigenvalue weighted by molar-refractivity contribution is 7.09. The van der Waals surface area contributed by atoms with Crippen molar-refractivity contribution in [2.24, 2.45) is 11.7 Å². The predicted octanol–water partition coefficient (Wildman–Crippen LogP) is 1.02. The normalized spacial score (nSPS) is 13.0. The fourth-order valence-corrected chi connectivity index (χ4v) is 2.48. The molecule has 0 aliphatic heterocycles. The van der Waals surface area contributed by atoms with E-state index in [-0.39, 0.29) is 11.9 Å². The number of aromatic nitrogens is 1. The number of likely N-dealkylation sites (N-methyl/N-ethyl adjacent to an activating group) is 1. The van der Waals surface area contributed by atoms with Crippen LogP contribution in [0, 0.1) is 5.92 Å². The summed E-state index contributed by atoms with van der Waals surface area (Å²) in [5.41, 5.74) is 6.84. The van der Waals surface area contributed by atoms with Gasteiger partial charge in [0.15, 0.2) is 0 Å². The number of hydrogen-bond acceptors (Lipinski definition) is 5. The van der Waals surface area contributed by atoms with E-state index in [4.69, 9.17) is 5.73 Å². The van der Waals surface area contributed by atoms with Crippen LogP contribution in [0.4, 0.5) is 0 Å². The van der Waals surface area contributed by atoms with Gasteiger partial charge >= 0.3 is 0 Å². The van der Waals surface area contributed by atoms with Crippen LogP contribution in [0.5, 0.6) is 0 Å². The van der Waals surface area contributed by atoms with Gasteiger partial charge in [0, 0.05) is 18.5 Å². The Hall–Kier alpha value is -0.980. The van der Waals surface area contributed by atoms with Crippen molar-refractivity contribution in [3.63, 3.8) is 0 Å². The van der Waals surface area contributed by atoms with Crippen molar-refractivity contribution < 1.29 is 4.79 Å². The molecule has 0 saturated heterocycles. The summed E-state index contributed by atoms with van der Waals surface area (Å²) in [4.78, 5) is 18.2.